The lowest BCUT2D eigenvalue weighted by Crippen LogP contribution is -2.45. The molecule has 1 rings (SSSR count). The topological polar surface area (TPSA) is 12.5 Å². The van der Waals surface area contributed by atoms with Gasteiger partial charge in [0.2, 0.25) is 0 Å². The standard InChI is InChI=1S/C10H20ClNO/c1-9-7-12(6-4-3-5-11)8-10(2)13-9/h9-10H,3-8H2,1-2H3/t9-,10+. The number of morpholine rings is 1. The molecule has 0 radical (unpaired) electrons. The lowest BCUT2D eigenvalue weighted by atomic mass is 10.2. The predicted octanol–water partition coefficient (Wildman–Crippen LogP) is 2.11. The van der Waals surface area contributed by atoms with Crippen LogP contribution in [0, 0.1) is 0 Å². The summed E-state index contributed by atoms with van der Waals surface area (Å²) in [6.07, 6.45) is 3.12. The van der Waals surface area contributed by atoms with Gasteiger partial charge >= 0.3 is 0 Å². The molecule has 1 saturated heterocycles. The van der Waals surface area contributed by atoms with Crippen molar-refractivity contribution < 1.29 is 4.74 Å². The zero-order valence-electron chi connectivity index (χ0n) is 8.63. The van der Waals surface area contributed by atoms with E-state index in [1.807, 2.05) is 0 Å². The number of hydrogen-bond acceptors (Lipinski definition) is 2. The highest BCUT2D eigenvalue weighted by molar-refractivity contribution is 6.17. The molecule has 13 heavy (non-hydrogen) atoms. The van der Waals surface area contributed by atoms with Gasteiger partial charge in [-0.1, -0.05) is 0 Å². The SMILES string of the molecule is C[C@@H]1CN(CCCCCl)C[C@H](C)O1. The second kappa shape index (κ2) is 5.84. The molecule has 1 fully saturated rings. The van der Waals surface area contributed by atoms with Crippen LogP contribution in [0.25, 0.3) is 0 Å². The van der Waals surface area contributed by atoms with Crippen LogP contribution in [0.15, 0.2) is 0 Å². The third-order valence-corrected chi connectivity index (χ3v) is 2.62. The van der Waals surface area contributed by atoms with Gasteiger partial charge in [0.1, 0.15) is 0 Å². The van der Waals surface area contributed by atoms with Crippen LogP contribution in [0.1, 0.15) is 26.7 Å². The van der Waals surface area contributed by atoms with Crippen LogP contribution >= 0.6 is 11.6 Å². The summed E-state index contributed by atoms with van der Waals surface area (Å²) in [5, 5.41) is 0. The van der Waals surface area contributed by atoms with Gasteiger partial charge in [-0.25, -0.2) is 0 Å². The fraction of sp³-hybridized carbons (Fsp3) is 1.00. The van der Waals surface area contributed by atoms with Crippen LogP contribution in [-0.2, 0) is 4.74 Å². The molecule has 0 unspecified atom stereocenters. The Labute approximate surface area is 86.2 Å². The fourth-order valence-electron chi connectivity index (χ4n) is 1.90. The molecule has 78 valence electrons. The Bertz CT molecular complexity index is 133. The molecule has 0 aromatic heterocycles. The van der Waals surface area contributed by atoms with Gasteiger partial charge in [0.15, 0.2) is 0 Å². The van der Waals surface area contributed by atoms with Crippen LogP contribution in [0.5, 0.6) is 0 Å². The third-order valence-electron chi connectivity index (χ3n) is 2.35. The maximum atomic E-state index is 5.65. The molecule has 0 N–H and O–H groups in total. The van der Waals surface area contributed by atoms with Gasteiger partial charge in [-0.05, 0) is 33.2 Å². The van der Waals surface area contributed by atoms with Gasteiger partial charge in [-0.2, -0.15) is 0 Å². The minimum atomic E-state index is 0.389. The van der Waals surface area contributed by atoms with Gasteiger partial charge < -0.3 is 4.74 Å². The van der Waals surface area contributed by atoms with Gasteiger partial charge in [0.05, 0.1) is 12.2 Å². The highest BCUT2D eigenvalue weighted by Crippen LogP contribution is 2.11. The maximum absolute atomic E-state index is 5.65. The van der Waals surface area contributed by atoms with E-state index in [9.17, 15) is 0 Å². The zero-order valence-corrected chi connectivity index (χ0v) is 9.39. The summed E-state index contributed by atoms with van der Waals surface area (Å²) in [4.78, 5) is 2.48. The fourth-order valence-corrected chi connectivity index (χ4v) is 2.09. The summed E-state index contributed by atoms with van der Waals surface area (Å²) in [7, 11) is 0. The van der Waals surface area contributed by atoms with Crippen LogP contribution in [0.4, 0.5) is 0 Å². The quantitative estimate of drug-likeness (QED) is 0.515. The first-order chi connectivity index (χ1) is 6.22. The summed E-state index contributed by atoms with van der Waals surface area (Å²) in [6.45, 7) is 7.61. The van der Waals surface area contributed by atoms with Crippen molar-refractivity contribution in [3.8, 4) is 0 Å². The molecule has 2 atom stereocenters. The van der Waals surface area contributed by atoms with E-state index < -0.39 is 0 Å². The second-order valence-electron chi connectivity index (χ2n) is 3.91. The Balaban J connectivity index is 2.17. The average molecular weight is 206 g/mol. The van der Waals surface area contributed by atoms with Crippen molar-refractivity contribution in [1.29, 1.82) is 0 Å². The molecule has 0 amide bonds. The first-order valence-electron chi connectivity index (χ1n) is 5.16. The minimum Gasteiger partial charge on any atom is -0.373 e. The molecule has 1 aliphatic rings. The van der Waals surface area contributed by atoms with Crippen molar-refractivity contribution in [2.45, 2.75) is 38.9 Å². The van der Waals surface area contributed by atoms with E-state index in [2.05, 4.69) is 18.7 Å². The Morgan fingerprint density at radius 3 is 2.38 bits per heavy atom. The summed E-state index contributed by atoms with van der Waals surface area (Å²) < 4.78 is 5.65. The van der Waals surface area contributed by atoms with Crippen molar-refractivity contribution in [1.82, 2.24) is 4.90 Å². The number of hydrogen-bond donors (Lipinski definition) is 0. The zero-order chi connectivity index (χ0) is 9.68. The molecule has 1 aliphatic heterocycles. The molecule has 0 aliphatic carbocycles. The summed E-state index contributed by atoms with van der Waals surface area (Å²) in [6, 6.07) is 0. The molecule has 3 heteroatoms. The number of rotatable bonds is 4. The van der Waals surface area contributed by atoms with E-state index in [1.165, 1.54) is 13.0 Å². The van der Waals surface area contributed by atoms with E-state index in [-0.39, 0.29) is 0 Å². The Morgan fingerprint density at radius 2 is 1.85 bits per heavy atom. The van der Waals surface area contributed by atoms with Crippen molar-refractivity contribution >= 4 is 11.6 Å². The Hall–Kier alpha value is 0.210. The molecule has 0 saturated carbocycles. The number of ether oxygens (including phenoxy) is 1. The second-order valence-corrected chi connectivity index (χ2v) is 4.29. The lowest BCUT2D eigenvalue weighted by Gasteiger charge is -2.35. The normalized spacial score (nSPS) is 30.7. The van der Waals surface area contributed by atoms with Crippen molar-refractivity contribution in [2.24, 2.45) is 0 Å². The Morgan fingerprint density at radius 1 is 1.23 bits per heavy atom. The molecular formula is C10H20ClNO. The number of unbranched alkanes of at least 4 members (excludes halogenated alkanes) is 1. The molecular weight excluding hydrogens is 186 g/mol. The number of halogens is 1. The van der Waals surface area contributed by atoms with Gasteiger partial charge in [-0.15, -0.1) is 11.6 Å². The summed E-state index contributed by atoms with van der Waals surface area (Å²) >= 11 is 5.63. The van der Waals surface area contributed by atoms with E-state index in [0.717, 1.165) is 25.4 Å². The highest BCUT2D eigenvalue weighted by atomic mass is 35.5. The smallest absolute Gasteiger partial charge is 0.0678 e. The minimum absolute atomic E-state index is 0.389. The number of nitrogens with zero attached hydrogens (tertiary/aromatic N) is 1. The van der Waals surface area contributed by atoms with Gasteiger partial charge in [0, 0.05) is 19.0 Å². The average Bonchev–Trinajstić information content (AvgIpc) is 2.03. The first kappa shape index (κ1) is 11.3. The molecule has 0 aromatic rings. The van der Waals surface area contributed by atoms with Gasteiger partial charge in [-0.3, -0.25) is 4.90 Å². The van der Waals surface area contributed by atoms with Crippen molar-refractivity contribution in [3.05, 3.63) is 0 Å². The summed E-state index contributed by atoms with van der Waals surface area (Å²) in [5.74, 6) is 0.787. The van der Waals surface area contributed by atoms with E-state index in [4.69, 9.17) is 16.3 Å². The monoisotopic (exact) mass is 205 g/mol. The molecule has 0 bridgehead atoms. The highest BCUT2D eigenvalue weighted by Gasteiger charge is 2.21. The van der Waals surface area contributed by atoms with Gasteiger partial charge in [0.25, 0.3) is 0 Å². The first-order valence-corrected chi connectivity index (χ1v) is 5.69. The van der Waals surface area contributed by atoms with Crippen LogP contribution in [0.2, 0.25) is 0 Å². The molecule has 0 spiro atoms. The van der Waals surface area contributed by atoms with E-state index in [1.54, 1.807) is 0 Å². The van der Waals surface area contributed by atoms with Crippen LogP contribution < -0.4 is 0 Å². The number of alkyl halides is 1. The largest absolute Gasteiger partial charge is 0.373 e. The van der Waals surface area contributed by atoms with Crippen molar-refractivity contribution in [3.63, 3.8) is 0 Å². The molecule has 1 heterocycles. The molecule has 2 nitrogen and oxygen atoms in total. The van der Waals surface area contributed by atoms with Crippen LogP contribution in [0.3, 0.4) is 0 Å². The van der Waals surface area contributed by atoms with Crippen molar-refractivity contribution in [2.75, 3.05) is 25.5 Å². The lowest BCUT2D eigenvalue weighted by molar-refractivity contribution is -0.0680. The Kier molecular flexibility index (Phi) is 5.07. The van der Waals surface area contributed by atoms with E-state index >= 15 is 0 Å². The maximum Gasteiger partial charge on any atom is 0.0678 e. The molecule has 0 aromatic carbocycles. The summed E-state index contributed by atoms with van der Waals surface area (Å²) in [5.41, 5.74) is 0. The van der Waals surface area contributed by atoms with Crippen LogP contribution in [-0.4, -0.2) is 42.6 Å². The third kappa shape index (κ3) is 4.30. The predicted molar refractivity (Wildman–Crippen MR) is 56.4 cm³/mol. The van der Waals surface area contributed by atoms with E-state index in [0.29, 0.717) is 12.2 Å².